The van der Waals surface area contributed by atoms with E-state index in [1.54, 1.807) is 12.1 Å². The van der Waals surface area contributed by atoms with Gasteiger partial charge in [-0.05, 0) is 79.6 Å². The van der Waals surface area contributed by atoms with Crippen LogP contribution in [0.3, 0.4) is 0 Å². The molecule has 0 bridgehead atoms. The van der Waals surface area contributed by atoms with Crippen LogP contribution in [0.1, 0.15) is 22.3 Å². The number of fused-ring (bicyclic) bond motifs is 6. The van der Waals surface area contributed by atoms with Gasteiger partial charge >= 0.3 is 0 Å². The summed E-state index contributed by atoms with van der Waals surface area (Å²) in [5.41, 5.74) is 9.05. The molecule has 5 heteroatoms. The van der Waals surface area contributed by atoms with Gasteiger partial charge in [0.2, 0.25) is 0 Å². The van der Waals surface area contributed by atoms with Gasteiger partial charge in [-0.25, -0.2) is 4.39 Å². The molecule has 0 radical (unpaired) electrons. The van der Waals surface area contributed by atoms with Crippen molar-refractivity contribution in [3.05, 3.63) is 143 Å². The third-order valence-electron chi connectivity index (χ3n) is 8.73. The molecule has 4 nitrogen and oxygen atoms in total. The van der Waals surface area contributed by atoms with Gasteiger partial charge in [-0.3, -0.25) is 0 Å². The predicted molar refractivity (Wildman–Crippen MR) is 179 cm³/mol. The SMILES string of the molecule is Cc1ccc2c3ccccc3n(-c3cc(C#N)cc(-n4c5ccccc5c5ccc(C)cc54)c3-c3ccc(C#N)cc3F)c2c1. The Morgan fingerprint density at radius 1 is 0.511 bits per heavy atom. The number of nitrogens with zero attached hydrogens (tertiary/aromatic N) is 4. The largest absolute Gasteiger partial charge is 0.308 e. The molecular formula is C40H25FN4. The molecule has 8 aromatic rings. The lowest BCUT2D eigenvalue weighted by Gasteiger charge is -2.21. The summed E-state index contributed by atoms with van der Waals surface area (Å²) >= 11 is 0. The van der Waals surface area contributed by atoms with E-state index in [1.165, 1.54) is 6.07 Å². The molecule has 0 saturated carbocycles. The van der Waals surface area contributed by atoms with Crippen LogP contribution in [0.15, 0.2) is 115 Å². The number of aryl methyl sites for hydroxylation is 2. The van der Waals surface area contributed by atoms with Crippen LogP contribution in [0.25, 0.3) is 66.1 Å². The van der Waals surface area contributed by atoms with E-state index in [0.29, 0.717) is 28.1 Å². The Labute approximate surface area is 259 Å². The molecule has 0 aliphatic rings. The second kappa shape index (κ2) is 9.95. The van der Waals surface area contributed by atoms with Crippen molar-refractivity contribution < 1.29 is 4.39 Å². The molecule has 6 aromatic carbocycles. The van der Waals surface area contributed by atoms with E-state index >= 15 is 4.39 Å². The van der Waals surface area contributed by atoms with Gasteiger partial charge in [0, 0.05) is 32.7 Å². The fraction of sp³-hybridized carbons (Fsp3) is 0.0500. The van der Waals surface area contributed by atoms with Crippen molar-refractivity contribution in [2.45, 2.75) is 13.8 Å². The Morgan fingerprint density at radius 3 is 1.49 bits per heavy atom. The van der Waals surface area contributed by atoms with Crippen LogP contribution in [0.2, 0.25) is 0 Å². The number of rotatable bonds is 3. The number of hydrogen-bond acceptors (Lipinski definition) is 2. The summed E-state index contributed by atoms with van der Waals surface area (Å²) in [6.07, 6.45) is 0. The van der Waals surface area contributed by atoms with Crippen LogP contribution >= 0.6 is 0 Å². The van der Waals surface area contributed by atoms with Gasteiger partial charge < -0.3 is 9.13 Å². The highest BCUT2D eigenvalue weighted by Gasteiger charge is 2.24. The lowest BCUT2D eigenvalue weighted by molar-refractivity contribution is 0.630. The molecule has 0 saturated heterocycles. The van der Waals surface area contributed by atoms with Crippen LogP contribution in [0.5, 0.6) is 0 Å². The second-order valence-electron chi connectivity index (χ2n) is 11.6. The van der Waals surface area contributed by atoms with Gasteiger partial charge in [-0.2, -0.15) is 10.5 Å². The number of aromatic nitrogens is 2. The fourth-order valence-corrected chi connectivity index (χ4v) is 6.77. The molecule has 0 N–H and O–H groups in total. The molecule has 2 heterocycles. The molecule has 0 fully saturated rings. The van der Waals surface area contributed by atoms with Crippen molar-refractivity contribution in [3.8, 4) is 34.6 Å². The number of halogens is 1. The molecule has 0 aliphatic carbocycles. The summed E-state index contributed by atoms with van der Waals surface area (Å²) in [6, 6.07) is 41.8. The topological polar surface area (TPSA) is 57.4 Å². The standard InChI is InChI=1S/C40H25FN4/c1-24-11-14-30-28-7-3-5-9-34(28)44(36(30)17-24)38-20-27(23-43)21-39(40(38)32-16-13-26(22-42)19-33(32)41)45-35-10-6-4-8-29(35)31-15-12-25(2)18-37(31)45/h3-21H,1-2H3. The van der Waals surface area contributed by atoms with E-state index in [0.717, 1.165) is 54.7 Å². The zero-order valence-electron chi connectivity index (χ0n) is 24.6. The molecule has 0 spiro atoms. The Hall–Kier alpha value is -6.17. The Balaban J connectivity index is 1.63. The Kier molecular flexibility index (Phi) is 5.85. The van der Waals surface area contributed by atoms with Crippen LogP contribution in [-0.2, 0) is 0 Å². The lowest BCUT2D eigenvalue weighted by atomic mass is 9.96. The molecular weight excluding hydrogens is 555 g/mol. The van der Waals surface area contributed by atoms with Gasteiger partial charge in [-0.15, -0.1) is 0 Å². The molecule has 0 unspecified atom stereocenters. The smallest absolute Gasteiger partial charge is 0.132 e. The summed E-state index contributed by atoms with van der Waals surface area (Å²) in [7, 11) is 0. The first-order chi connectivity index (χ1) is 22.0. The van der Waals surface area contributed by atoms with Crippen molar-refractivity contribution in [1.82, 2.24) is 9.13 Å². The third kappa shape index (κ3) is 3.95. The zero-order valence-corrected chi connectivity index (χ0v) is 24.6. The maximum atomic E-state index is 16.3. The van der Waals surface area contributed by atoms with Crippen molar-refractivity contribution >= 4 is 43.6 Å². The fourth-order valence-electron chi connectivity index (χ4n) is 6.77. The van der Waals surface area contributed by atoms with Crippen molar-refractivity contribution in [2.24, 2.45) is 0 Å². The highest BCUT2D eigenvalue weighted by molar-refractivity contribution is 6.12. The number of para-hydroxylation sites is 2. The summed E-state index contributed by atoms with van der Waals surface area (Å²) in [6.45, 7) is 4.11. The van der Waals surface area contributed by atoms with Crippen LogP contribution < -0.4 is 0 Å². The number of benzene rings is 6. The van der Waals surface area contributed by atoms with E-state index in [2.05, 4.69) is 95.8 Å². The molecule has 0 amide bonds. The lowest BCUT2D eigenvalue weighted by Crippen LogP contribution is -2.06. The monoisotopic (exact) mass is 580 g/mol. The zero-order chi connectivity index (χ0) is 30.8. The summed E-state index contributed by atoms with van der Waals surface area (Å²) < 4.78 is 20.6. The minimum Gasteiger partial charge on any atom is -0.308 e. The molecule has 0 atom stereocenters. The normalized spacial score (nSPS) is 11.4. The van der Waals surface area contributed by atoms with Gasteiger partial charge in [0.05, 0.1) is 56.7 Å². The molecule has 212 valence electrons. The summed E-state index contributed by atoms with van der Waals surface area (Å²) in [4.78, 5) is 0. The van der Waals surface area contributed by atoms with Crippen molar-refractivity contribution in [2.75, 3.05) is 0 Å². The average Bonchev–Trinajstić information content (AvgIpc) is 3.55. The maximum Gasteiger partial charge on any atom is 0.132 e. The van der Waals surface area contributed by atoms with Gasteiger partial charge in [0.25, 0.3) is 0 Å². The first-order valence-corrected chi connectivity index (χ1v) is 14.8. The van der Waals surface area contributed by atoms with Gasteiger partial charge in [0.15, 0.2) is 0 Å². The number of hydrogen-bond donors (Lipinski definition) is 0. The van der Waals surface area contributed by atoms with E-state index in [4.69, 9.17) is 0 Å². The molecule has 0 aliphatic heterocycles. The van der Waals surface area contributed by atoms with Crippen molar-refractivity contribution in [3.63, 3.8) is 0 Å². The van der Waals surface area contributed by atoms with Crippen LogP contribution in [0, 0.1) is 42.3 Å². The molecule has 2 aromatic heterocycles. The highest BCUT2D eigenvalue weighted by atomic mass is 19.1. The third-order valence-corrected chi connectivity index (χ3v) is 8.73. The first kappa shape index (κ1) is 26.5. The van der Waals surface area contributed by atoms with E-state index in [9.17, 15) is 10.5 Å². The average molecular weight is 581 g/mol. The maximum absolute atomic E-state index is 16.3. The minimum absolute atomic E-state index is 0.243. The van der Waals surface area contributed by atoms with Crippen LogP contribution in [0.4, 0.5) is 4.39 Å². The number of nitriles is 2. The summed E-state index contributed by atoms with van der Waals surface area (Å²) in [5.74, 6) is -0.504. The van der Waals surface area contributed by atoms with E-state index in [1.807, 2.05) is 36.4 Å². The van der Waals surface area contributed by atoms with E-state index in [-0.39, 0.29) is 5.56 Å². The van der Waals surface area contributed by atoms with Crippen molar-refractivity contribution in [1.29, 1.82) is 10.5 Å². The highest BCUT2D eigenvalue weighted by Crippen LogP contribution is 2.43. The van der Waals surface area contributed by atoms with Gasteiger partial charge in [-0.1, -0.05) is 60.7 Å². The van der Waals surface area contributed by atoms with Gasteiger partial charge in [0.1, 0.15) is 5.82 Å². The second-order valence-corrected chi connectivity index (χ2v) is 11.6. The summed E-state index contributed by atoms with van der Waals surface area (Å²) in [5, 5.41) is 24.3. The van der Waals surface area contributed by atoms with Crippen LogP contribution in [-0.4, -0.2) is 9.13 Å². The molecule has 8 rings (SSSR count). The predicted octanol–water partition coefficient (Wildman–Crippen LogP) is 10.0. The first-order valence-electron chi connectivity index (χ1n) is 14.8. The Morgan fingerprint density at radius 2 is 1.00 bits per heavy atom. The Bertz CT molecular complexity index is 2460. The quantitative estimate of drug-likeness (QED) is 0.209. The minimum atomic E-state index is -0.504. The van der Waals surface area contributed by atoms with E-state index < -0.39 is 5.82 Å². The molecule has 45 heavy (non-hydrogen) atoms.